The molecular weight excluding hydrogens is 214 g/mol. The van der Waals surface area contributed by atoms with Crippen LogP contribution < -0.4 is 5.73 Å². The molecule has 4 nitrogen and oxygen atoms in total. The summed E-state index contributed by atoms with van der Waals surface area (Å²) in [6.07, 6.45) is 0.727. The van der Waals surface area contributed by atoms with E-state index in [0.29, 0.717) is 13.1 Å². The number of hydrogen-bond donors (Lipinski definition) is 1. The molecule has 0 aliphatic heterocycles. The monoisotopic (exact) mass is 235 g/mol. The molecule has 1 rings (SSSR count). The molecule has 2 N–H and O–H groups in total. The first-order chi connectivity index (χ1) is 8.04. The minimum absolute atomic E-state index is 0.0187. The number of nitrogens with zero attached hydrogens (tertiary/aromatic N) is 2. The summed E-state index contributed by atoms with van der Waals surface area (Å²) in [4.78, 5) is 18.1. The van der Waals surface area contributed by atoms with Crippen molar-refractivity contribution in [1.29, 1.82) is 0 Å². The smallest absolute Gasteiger partial charge is 0.225 e. The normalized spacial score (nSPS) is 12.2. The van der Waals surface area contributed by atoms with Crippen molar-refractivity contribution < 1.29 is 4.79 Å². The number of pyridine rings is 1. The van der Waals surface area contributed by atoms with Crippen molar-refractivity contribution in [2.45, 2.75) is 26.8 Å². The Hall–Kier alpha value is -1.42. The Balaban J connectivity index is 2.59. The van der Waals surface area contributed by atoms with Crippen molar-refractivity contribution >= 4 is 5.91 Å². The van der Waals surface area contributed by atoms with E-state index < -0.39 is 0 Å². The third-order valence-electron chi connectivity index (χ3n) is 2.74. The molecule has 0 aromatic carbocycles. The molecule has 0 spiro atoms. The van der Waals surface area contributed by atoms with Crippen LogP contribution in [0.2, 0.25) is 0 Å². The van der Waals surface area contributed by atoms with Gasteiger partial charge in [0.15, 0.2) is 0 Å². The van der Waals surface area contributed by atoms with E-state index in [4.69, 9.17) is 5.73 Å². The zero-order valence-corrected chi connectivity index (χ0v) is 10.8. The van der Waals surface area contributed by atoms with Crippen molar-refractivity contribution in [1.82, 2.24) is 9.88 Å². The quantitative estimate of drug-likeness (QED) is 0.837. The summed E-state index contributed by atoms with van der Waals surface area (Å²) in [5.41, 5.74) is 7.34. The highest BCUT2D eigenvalue weighted by atomic mass is 16.2. The summed E-state index contributed by atoms with van der Waals surface area (Å²) in [5.74, 6) is 0.105. The summed E-state index contributed by atoms with van der Waals surface area (Å²) < 4.78 is 0. The van der Waals surface area contributed by atoms with E-state index in [0.717, 1.165) is 17.8 Å². The Kier molecular flexibility index (Phi) is 5.10. The molecule has 1 unspecified atom stereocenters. The van der Waals surface area contributed by atoms with E-state index in [1.807, 2.05) is 32.0 Å². The highest BCUT2D eigenvalue weighted by molar-refractivity contribution is 5.78. The van der Waals surface area contributed by atoms with Gasteiger partial charge in [0.2, 0.25) is 5.91 Å². The van der Waals surface area contributed by atoms with Crippen LogP contribution >= 0.6 is 0 Å². The van der Waals surface area contributed by atoms with Crippen LogP contribution in [0.5, 0.6) is 0 Å². The van der Waals surface area contributed by atoms with Crippen LogP contribution in [-0.4, -0.2) is 29.4 Å². The van der Waals surface area contributed by atoms with Crippen LogP contribution in [-0.2, 0) is 11.3 Å². The zero-order chi connectivity index (χ0) is 12.8. The Labute approximate surface area is 103 Å². The molecule has 0 radical (unpaired) electrons. The second-order valence-electron chi connectivity index (χ2n) is 4.44. The zero-order valence-electron chi connectivity index (χ0n) is 10.8. The summed E-state index contributed by atoms with van der Waals surface area (Å²) in [6, 6.07) is 5.84. The minimum atomic E-state index is -0.0187. The molecule has 0 aliphatic carbocycles. The molecule has 4 heteroatoms. The summed E-state index contributed by atoms with van der Waals surface area (Å²) in [6.45, 7) is 4.95. The third-order valence-corrected chi connectivity index (χ3v) is 2.74. The number of carbonyl (C=O) groups excluding carboxylic acids is 1. The van der Waals surface area contributed by atoms with Gasteiger partial charge in [-0.2, -0.15) is 0 Å². The first-order valence-electron chi connectivity index (χ1n) is 5.92. The Morgan fingerprint density at radius 1 is 1.53 bits per heavy atom. The number of amides is 1. The molecule has 0 fully saturated rings. The first kappa shape index (κ1) is 13.6. The predicted molar refractivity (Wildman–Crippen MR) is 68.3 cm³/mol. The first-order valence-corrected chi connectivity index (χ1v) is 5.92. The lowest BCUT2D eigenvalue weighted by atomic mass is 10.1. The molecule has 94 valence electrons. The number of rotatable bonds is 5. The summed E-state index contributed by atoms with van der Waals surface area (Å²) >= 11 is 0. The van der Waals surface area contributed by atoms with Crippen molar-refractivity contribution in [2.24, 2.45) is 11.7 Å². The van der Waals surface area contributed by atoms with E-state index in [1.165, 1.54) is 0 Å². The van der Waals surface area contributed by atoms with Gasteiger partial charge < -0.3 is 10.6 Å². The van der Waals surface area contributed by atoms with E-state index in [-0.39, 0.29) is 11.8 Å². The second-order valence-corrected chi connectivity index (χ2v) is 4.44. The van der Waals surface area contributed by atoms with E-state index >= 15 is 0 Å². The minimum Gasteiger partial charge on any atom is -0.340 e. The average Bonchev–Trinajstić information content (AvgIpc) is 2.28. The van der Waals surface area contributed by atoms with Crippen LogP contribution in [0.25, 0.3) is 0 Å². The van der Waals surface area contributed by atoms with E-state index in [2.05, 4.69) is 4.98 Å². The van der Waals surface area contributed by atoms with Crippen LogP contribution in [0, 0.1) is 12.8 Å². The summed E-state index contributed by atoms with van der Waals surface area (Å²) in [7, 11) is 1.80. The molecule has 1 atom stereocenters. The molecule has 0 saturated heterocycles. The molecule has 17 heavy (non-hydrogen) atoms. The lowest BCUT2D eigenvalue weighted by molar-refractivity contribution is -0.134. The van der Waals surface area contributed by atoms with Gasteiger partial charge in [0.25, 0.3) is 0 Å². The van der Waals surface area contributed by atoms with Crippen molar-refractivity contribution in [3.05, 3.63) is 29.6 Å². The molecule has 1 aromatic heterocycles. The van der Waals surface area contributed by atoms with Crippen LogP contribution in [0.3, 0.4) is 0 Å². The molecule has 1 heterocycles. The number of aryl methyl sites for hydroxylation is 1. The molecule has 0 aliphatic rings. The Morgan fingerprint density at radius 3 is 2.82 bits per heavy atom. The SMILES string of the molecule is Cc1cccc(CN(C)C(=O)C(C)CCN)n1. The van der Waals surface area contributed by atoms with Gasteiger partial charge in [0.05, 0.1) is 12.2 Å². The summed E-state index contributed by atoms with van der Waals surface area (Å²) in [5, 5.41) is 0. The van der Waals surface area contributed by atoms with Crippen LogP contribution in [0.15, 0.2) is 18.2 Å². The van der Waals surface area contributed by atoms with Gasteiger partial charge in [-0.25, -0.2) is 0 Å². The molecule has 1 amide bonds. The van der Waals surface area contributed by atoms with Gasteiger partial charge in [-0.15, -0.1) is 0 Å². The van der Waals surface area contributed by atoms with Crippen molar-refractivity contribution in [3.63, 3.8) is 0 Å². The number of nitrogens with two attached hydrogens (primary N) is 1. The maximum atomic E-state index is 12.0. The van der Waals surface area contributed by atoms with E-state index in [1.54, 1.807) is 11.9 Å². The van der Waals surface area contributed by atoms with Crippen LogP contribution in [0.1, 0.15) is 24.7 Å². The van der Waals surface area contributed by atoms with Crippen molar-refractivity contribution in [2.75, 3.05) is 13.6 Å². The van der Waals surface area contributed by atoms with Gasteiger partial charge in [-0.3, -0.25) is 9.78 Å². The predicted octanol–water partition coefficient (Wildman–Crippen LogP) is 1.33. The molecule has 0 bridgehead atoms. The van der Waals surface area contributed by atoms with Crippen LogP contribution in [0.4, 0.5) is 0 Å². The van der Waals surface area contributed by atoms with Gasteiger partial charge in [0.1, 0.15) is 0 Å². The maximum Gasteiger partial charge on any atom is 0.225 e. The highest BCUT2D eigenvalue weighted by Crippen LogP contribution is 2.08. The van der Waals surface area contributed by atoms with Gasteiger partial charge in [0, 0.05) is 18.7 Å². The number of aromatic nitrogens is 1. The molecular formula is C13H21N3O. The topological polar surface area (TPSA) is 59.2 Å². The standard InChI is InChI=1S/C13H21N3O/c1-10(7-8-14)13(17)16(3)9-12-6-4-5-11(2)15-12/h4-6,10H,7-9,14H2,1-3H3. The molecule has 1 aromatic rings. The Morgan fingerprint density at radius 2 is 2.24 bits per heavy atom. The number of hydrogen-bond acceptors (Lipinski definition) is 3. The fraction of sp³-hybridized carbons (Fsp3) is 0.538. The fourth-order valence-electron chi connectivity index (χ4n) is 1.76. The maximum absolute atomic E-state index is 12.0. The third kappa shape index (κ3) is 4.15. The van der Waals surface area contributed by atoms with E-state index in [9.17, 15) is 4.79 Å². The van der Waals surface area contributed by atoms with Crippen molar-refractivity contribution in [3.8, 4) is 0 Å². The largest absolute Gasteiger partial charge is 0.340 e. The Bertz CT molecular complexity index is 379. The van der Waals surface area contributed by atoms with Gasteiger partial charge in [-0.1, -0.05) is 13.0 Å². The second kappa shape index (κ2) is 6.35. The number of carbonyl (C=O) groups is 1. The molecule has 0 saturated carbocycles. The average molecular weight is 235 g/mol. The lowest BCUT2D eigenvalue weighted by Gasteiger charge is -2.20. The van der Waals surface area contributed by atoms with Gasteiger partial charge in [-0.05, 0) is 32.0 Å². The lowest BCUT2D eigenvalue weighted by Crippen LogP contribution is -2.32. The highest BCUT2D eigenvalue weighted by Gasteiger charge is 2.16. The van der Waals surface area contributed by atoms with Gasteiger partial charge >= 0.3 is 0 Å². The fourth-order valence-corrected chi connectivity index (χ4v) is 1.76.